The Kier molecular flexibility index (Phi) is 19.7. The molecule has 0 aliphatic heterocycles. The van der Waals surface area contributed by atoms with Gasteiger partial charge in [0.15, 0.2) is 0 Å². The van der Waals surface area contributed by atoms with Gasteiger partial charge in [-0.1, -0.05) is 35.4 Å². The molecule has 0 N–H and O–H groups in total. The van der Waals surface area contributed by atoms with E-state index in [0.717, 1.165) is 12.8 Å². The molecule has 2 unspecified atom stereocenters. The Labute approximate surface area is 240 Å². The van der Waals surface area contributed by atoms with E-state index < -0.39 is 17.6 Å². The molecule has 0 amide bonds. The summed E-state index contributed by atoms with van der Waals surface area (Å²) in [4.78, 5) is 0.242. The van der Waals surface area contributed by atoms with Crippen LogP contribution in [0.5, 0.6) is 0 Å². The zero-order valence-corrected chi connectivity index (χ0v) is 30.4. The molecule has 36 heavy (non-hydrogen) atoms. The molecule has 0 heterocycles. The summed E-state index contributed by atoms with van der Waals surface area (Å²) in [6, 6.07) is 0. The van der Waals surface area contributed by atoms with Crippen LogP contribution in [0, 0.1) is 0 Å². The topological polar surface area (TPSA) is 55.4 Å². The molecule has 0 spiro atoms. The lowest BCUT2D eigenvalue weighted by Crippen LogP contribution is -2.58. The highest BCUT2D eigenvalue weighted by Crippen LogP contribution is 2.51. The highest BCUT2D eigenvalue weighted by Gasteiger charge is 2.53. The molecule has 0 aliphatic carbocycles. The van der Waals surface area contributed by atoms with E-state index in [4.69, 9.17) is 26.6 Å². The molecular formula is C24H54O6S4Si2. The quantitative estimate of drug-likeness (QED) is 0.0705. The molecule has 0 aromatic heterocycles. The Morgan fingerprint density at radius 1 is 0.417 bits per heavy atom. The van der Waals surface area contributed by atoms with Gasteiger partial charge in [0.05, 0.1) is 9.75 Å². The molecule has 12 heteroatoms. The minimum absolute atomic E-state index is 0.0291. The zero-order valence-electron chi connectivity index (χ0n) is 25.1. The Hall–Kier alpha value is 1.59. The first-order valence-corrected chi connectivity index (χ1v) is 21.9. The molecule has 0 aliphatic rings. The summed E-state index contributed by atoms with van der Waals surface area (Å²) in [5.41, 5.74) is 0. The molecule has 0 aromatic rings. The minimum atomic E-state index is -2.95. The van der Waals surface area contributed by atoms with Gasteiger partial charge < -0.3 is 26.6 Å². The van der Waals surface area contributed by atoms with Crippen molar-refractivity contribution in [2.75, 3.05) is 0 Å². The van der Waals surface area contributed by atoms with Crippen molar-refractivity contribution in [2.45, 2.75) is 156 Å². The minimum Gasteiger partial charge on any atom is -0.370 e. The maximum absolute atomic E-state index is 6.49. The Morgan fingerprint density at radius 3 is 0.750 bits per heavy atom. The SMILES string of the molecule is CCC(SSSSC(CC)[Si](OC(C)C)(OC(C)C)OC(C)C)[Si](OC(C)C)(OC(C)C)OC(C)C. The van der Waals surface area contributed by atoms with Crippen LogP contribution in [0.25, 0.3) is 0 Å². The third-order valence-corrected chi connectivity index (χ3v) is 21.7. The maximum atomic E-state index is 6.49. The second-order valence-electron chi connectivity index (χ2n) is 10.3. The van der Waals surface area contributed by atoms with Crippen molar-refractivity contribution in [1.29, 1.82) is 0 Å². The van der Waals surface area contributed by atoms with E-state index in [2.05, 4.69) is 96.9 Å². The summed E-state index contributed by atoms with van der Waals surface area (Å²) in [5, 5.41) is 0. The van der Waals surface area contributed by atoms with Crippen LogP contribution in [0.3, 0.4) is 0 Å². The van der Waals surface area contributed by atoms with Gasteiger partial charge in [0, 0.05) is 36.6 Å². The number of hydrogen-bond donors (Lipinski definition) is 0. The normalized spacial score (nSPS) is 15.3. The zero-order chi connectivity index (χ0) is 28.1. The van der Waals surface area contributed by atoms with Crippen LogP contribution in [0.2, 0.25) is 0 Å². The van der Waals surface area contributed by atoms with Crippen molar-refractivity contribution < 1.29 is 26.6 Å². The fourth-order valence-corrected chi connectivity index (χ4v) is 22.0. The average Bonchev–Trinajstić information content (AvgIpc) is 2.67. The summed E-state index contributed by atoms with van der Waals surface area (Å²) in [7, 11) is 1.21. The standard InChI is InChI=1S/C24H54O6S4Si2/c1-15-23(35(25-17(3)4,26-18(5)6)27-19(7)8)31-33-34-32-24(16-2)36(28-20(9)10,29-21(11)12)30-22(13)14/h17-24H,15-16H2,1-14H3. The number of rotatable bonds is 21. The van der Waals surface area contributed by atoms with Gasteiger partial charge in [-0.05, 0) is 116 Å². The number of hydrogen-bond acceptors (Lipinski definition) is 10. The van der Waals surface area contributed by atoms with Crippen LogP contribution in [-0.4, -0.2) is 64.0 Å². The van der Waals surface area contributed by atoms with Crippen LogP contribution in [-0.2, 0) is 26.6 Å². The van der Waals surface area contributed by atoms with E-state index in [1.54, 1.807) is 41.2 Å². The van der Waals surface area contributed by atoms with Gasteiger partial charge in [0.1, 0.15) is 0 Å². The second-order valence-corrected chi connectivity index (χ2v) is 22.6. The van der Waals surface area contributed by atoms with Crippen molar-refractivity contribution in [3.8, 4) is 0 Å². The Bertz CT molecular complexity index is 470. The van der Waals surface area contributed by atoms with E-state index in [0.29, 0.717) is 0 Å². The fourth-order valence-electron chi connectivity index (χ4n) is 3.47. The molecule has 0 aromatic carbocycles. The summed E-state index contributed by atoms with van der Waals surface area (Å²) in [6.07, 6.45) is 1.98. The van der Waals surface area contributed by atoms with Crippen LogP contribution < -0.4 is 0 Å². The third-order valence-electron chi connectivity index (χ3n) is 4.27. The smallest absolute Gasteiger partial charge is 0.370 e. The van der Waals surface area contributed by atoms with Gasteiger partial charge in [0.2, 0.25) is 0 Å². The summed E-state index contributed by atoms with van der Waals surface area (Å²) >= 11 is 0. The second kappa shape index (κ2) is 18.8. The lowest BCUT2D eigenvalue weighted by molar-refractivity contribution is 0.000487. The van der Waals surface area contributed by atoms with Gasteiger partial charge >= 0.3 is 17.6 Å². The van der Waals surface area contributed by atoms with Crippen molar-refractivity contribution >= 4 is 58.8 Å². The summed E-state index contributed by atoms with van der Waals surface area (Å²) in [6.45, 7) is 29.0. The lowest BCUT2D eigenvalue weighted by atomic mass is 10.5. The lowest BCUT2D eigenvalue weighted by Gasteiger charge is -2.39. The van der Waals surface area contributed by atoms with E-state index in [1.807, 2.05) is 0 Å². The molecule has 0 saturated heterocycles. The van der Waals surface area contributed by atoms with Gasteiger partial charge in [-0.3, -0.25) is 0 Å². The van der Waals surface area contributed by atoms with Crippen molar-refractivity contribution in [3.05, 3.63) is 0 Å². The average molecular weight is 623 g/mol. The predicted molar refractivity (Wildman–Crippen MR) is 167 cm³/mol. The molecule has 0 bridgehead atoms. The van der Waals surface area contributed by atoms with E-state index in [9.17, 15) is 0 Å². The molecule has 2 atom stereocenters. The monoisotopic (exact) mass is 622 g/mol. The van der Waals surface area contributed by atoms with Gasteiger partial charge in [-0.15, -0.1) is 0 Å². The van der Waals surface area contributed by atoms with E-state index >= 15 is 0 Å². The largest absolute Gasteiger partial charge is 0.516 e. The van der Waals surface area contributed by atoms with Gasteiger partial charge in [-0.25, -0.2) is 0 Å². The summed E-state index contributed by atoms with van der Waals surface area (Å²) in [5.74, 6) is 0. The van der Waals surface area contributed by atoms with Crippen LogP contribution in [0.15, 0.2) is 0 Å². The Balaban J connectivity index is 5.67. The highest BCUT2D eigenvalue weighted by molar-refractivity contribution is 9.26. The maximum Gasteiger partial charge on any atom is 0.516 e. The first-order valence-electron chi connectivity index (χ1n) is 13.3. The molecule has 0 fully saturated rings. The first kappa shape index (κ1) is 37.6. The van der Waals surface area contributed by atoms with Crippen LogP contribution in [0.1, 0.15) is 110 Å². The van der Waals surface area contributed by atoms with Crippen molar-refractivity contribution in [3.63, 3.8) is 0 Å². The Morgan fingerprint density at radius 2 is 0.611 bits per heavy atom. The fraction of sp³-hybridized carbons (Fsp3) is 1.00. The first-order chi connectivity index (χ1) is 16.6. The van der Waals surface area contributed by atoms with Crippen LogP contribution in [0.4, 0.5) is 0 Å². The van der Waals surface area contributed by atoms with E-state index in [1.165, 1.54) is 0 Å². The molecule has 0 saturated carbocycles. The molecule has 0 rings (SSSR count). The predicted octanol–water partition coefficient (Wildman–Crippen LogP) is 8.73. The molecule has 218 valence electrons. The molecule has 6 nitrogen and oxygen atoms in total. The van der Waals surface area contributed by atoms with Gasteiger partial charge in [-0.2, -0.15) is 0 Å². The molecular weight excluding hydrogens is 569 g/mol. The van der Waals surface area contributed by atoms with Crippen molar-refractivity contribution in [1.82, 2.24) is 0 Å². The third kappa shape index (κ3) is 14.3. The van der Waals surface area contributed by atoms with E-state index in [-0.39, 0.29) is 46.4 Å². The van der Waals surface area contributed by atoms with Crippen molar-refractivity contribution in [2.24, 2.45) is 0 Å². The van der Waals surface area contributed by atoms with Gasteiger partial charge in [0.25, 0.3) is 0 Å². The van der Waals surface area contributed by atoms with Crippen LogP contribution >= 0.6 is 41.2 Å². The summed E-state index contributed by atoms with van der Waals surface area (Å²) < 4.78 is 38.9. The molecule has 0 radical (unpaired) electrons. The highest BCUT2D eigenvalue weighted by atomic mass is 33.7.